The zero-order valence-corrected chi connectivity index (χ0v) is 10.6. The zero-order valence-electron chi connectivity index (χ0n) is 8.41. The van der Waals surface area contributed by atoms with Crippen LogP contribution in [-0.4, -0.2) is 17.6 Å². The van der Waals surface area contributed by atoms with E-state index in [-0.39, 0.29) is 0 Å². The molecule has 1 aliphatic heterocycles. The van der Waals surface area contributed by atoms with E-state index in [0.717, 1.165) is 12.4 Å². The van der Waals surface area contributed by atoms with Crippen LogP contribution in [0.15, 0.2) is 18.3 Å². The molecular weight excluding hydrogens is 287 g/mol. The fraction of sp³-hybridized carbons (Fsp3) is 0.545. The van der Waals surface area contributed by atoms with Crippen LogP contribution < -0.4 is 4.90 Å². The summed E-state index contributed by atoms with van der Waals surface area (Å²) in [5.74, 6) is 1.14. The maximum atomic E-state index is 4.47. The van der Waals surface area contributed by atoms with Gasteiger partial charge in [0.2, 0.25) is 0 Å². The van der Waals surface area contributed by atoms with Crippen LogP contribution in [0.2, 0.25) is 0 Å². The van der Waals surface area contributed by atoms with Gasteiger partial charge in [0.25, 0.3) is 0 Å². The SMILES string of the molecule is CC1CCCCN1c1ccc(I)cn1. The molecule has 2 heterocycles. The Morgan fingerprint density at radius 1 is 1.43 bits per heavy atom. The van der Waals surface area contributed by atoms with Crippen LogP contribution in [0.5, 0.6) is 0 Å². The summed E-state index contributed by atoms with van der Waals surface area (Å²) in [4.78, 5) is 6.89. The minimum absolute atomic E-state index is 0.649. The van der Waals surface area contributed by atoms with Crippen molar-refractivity contribution in [1.82, 2.24) is 4.98 Å². The second kappa shape index (κ2) is 4.47. The van der Waals surface area contributed by atoms with Crippen LogP contribution in [0.3, 0.4) is 0 Å². The molecule has 0 spiro atoms. The highest BCUT2D eigenvalue weighted by molar-refractivity contribution is 14.1. The Morgan fingerprint density at radius 2 is 2.29 bits per heavy atom. The maximum Gasteiger partial charge on any atom is 0.128 e. The van der Waals surface area contributed by atoms with Gasteiger partial charge in [-0.05, 0) is 60.9 Å². The first-order valence-electron chi connectivity index (χ1n) is 5.15. The number of piperidine rings is 1. The Bertz CT molecular complexity index is 297. The van der Waals surface area contributed by atoms with E-state index >= 15 is 0 Å². The van der Waals surface area contributed by atoms with E-state index in [0.29, 0.717) is 6.04 Å². The van der Waals surface area contributed by atoms with Crippen molar-refractivity contribution >= 4 is 28.4 Å². The van der Waals surface area contributed by atoms with Crippen molar-refractivity contribution in [1.29, 1.82) is 0 Å². The molecule has 14 heavy (non-hydrogen) atoms. The Morgan fingerprint density at radius 3 is 2.93 bits per heavy atom. The first kappa shape index (κ1) is 10.2. The summed E-state index contributed by atoms with van der Waals surface area (Å²) in [5.41, 5.74) is 0. The third-order valence-electron chi connectivity index (χ3n) is 2.81. The average Bonchev–Trinajstić information content (AvgIpc) is 2.20. The molecule has 0 saturated carbocycles. The molecule has 1 unspecified atom stereocenters. The molecule has 1 fully saturated rings. The van der Waals surface area contributed by atoms with Gasteiger partial charge in [0.15, 0.2) is 0 Å². The minimum atomic E-state index is 0.649. The topological polar surface area (TPSA) is 16.1 Å². The number of hydrogen-bond donors (Lipinski definition) is 0. The fourth-order valence-electron chi connectivity index (χ4n) is 1.98. The zero-order chi connectivity index (χ0) is 9.97. The summed E-state index contributed by atoms with van der Waals surface area (Å²) in [7, 11) is 0. The number of rotatable bonds is 1. The van der Waals surface area contributed by atoms with Crippen LogP contribution in [0.1, 0.15) is 26.2 Å². The molecule has 1 saturated heterocycles. The van der Waals surface area contributed by atoms with Crippen LogP contribution in [0, 0.1) is 3.57 Å². The van der Waals surface area contributed by atoms with Crippen LogP contribution in [0.4, 0.5) is 5.82 Å². The van der Waals surface area contributed by atoms with Crippen molar-refractivity contribution in [2.75, 3.05) is 11.4 Å². The van der Waals surface area contributed by atoms with Gasteiger partial charge in [-0.3, -0.25) is 0 Å². The Labute approximate surface area is 98.9 Å². The molecule has 0 N–H and O–H groups in total. The van der Waals surface area contributed by atoms with Gasteiger partial charge < -0.3 is 4.90 Å². The van der Waals surface area contributed by atoms with E-state index in [4.69, 9.17) is 0 Å². The second-order valence-corrected chi connectivity index (χ2v) is 5.12. The molecule has 2 rings (SSSR count). The minimum Gasteiger partial charge on any atom is -0.354 e. The molecule has 3 heteroatoms. The number of aromatic nitrogens is 1. The van der Waals surface area contributed by atoms with Crippen molar-refractivity contribution < 1.29 is 0 Å². The number of anilines is 1. The predicted molar refractivity (Wildman–Crippen MR) is 67.6 cm³/mol. The van der Waals surface area contributed by atoms with Gasteiger partial charge in [0.05, 0.1) is 0 Å². The molecule has 76 valence electrons. The number of nitrogens with zero attached hydrogens (tertiary/aromatic N) is 2. The molecule has 0 amide bonds. The molecule has 1 atom stereocenters. The molecule has 1 aromatic heterocycles. The van der Waals surface area contributed by atoms with Crippen LogP contribution in [0.25, 0.3) is 0 Å². The lowest BCUT2D eigenvalue weighted by Gasteiger charge is -2.34. The van der Waals surface area contributed by atoms with E-state index in [1.807, 2.05) is 6.20 Å². The van der Waals surface area contributed by atoms with Gasteiger partial charge in [0, 0.05) is 22.4 Å². The molecule has 1 aromatic rings. The van der Waals surface area contributed by atoms with Crippen molar-refractivity contribution in [2.45, 2.75) is 32.2 Å². The van der Waals surface area contributed by atoms with Crippen molar-refractivity contribution in [2.24, 2.45) is 0 Å². The first-order chi connectivity index (χ1) is 6.77. The molecule has 0 aliphatic carbocycles. The number of hydrogen-bond acceptors (Lipinski definition) is 2. The van der Waals surface area contributed by atoms with E-state index in [2.05, 4.69) is 51.5 Å². The van der Waals surface area contributed by atoms with Crippen molar-refractivity contribution in [3.63, 3.8) is 0 Å². The third kappa shape index (κ3) is 2.19. The Kier molecular flexibility index (Phi) is 3.26. The Balaban J connectivity index is 2.16. The highest BCUT2D eigenvalue weighted by Gasteiger charge is 2.18. The fourth-order valence-corrected chi connectivity index (χ4v) is 2.30. The van der Waals surface area contributed by atoms with Crippen LogP contribution >= 0.6 is 22.6 Å². The molecule has 0 bridgehead atoms. The molecular formula is C11H15IN2. The molecule has 1 aliphatic rings. The summed E-state index contributed by atoms with van der Waals surface area (Å²) in [6.45, 7) is 3.45. The maximum absolute atomic E-state index is 4.47. The normalized spacial score (nSPS) is 22.4. The van der Waals surface area contributed by atoms with E-state index < -0.39 is 0 Å². The standard InChI is InChI=1S/C11H15IN2/c1-9-4-2-3-7-14(9)11-6-5-10(12)8-13-11/h5-6,8-9H,2-4,7H2,1H3. The molecule has 0 aromatic carbocycles. The molecule has 2 nitrogen and oxygen atoms in total. The lowest BCUT2D eigenvalue weighted by Crippen LogP contribution is -2.37. The highest BCUT2D eigenvalue weighted by atomic mass is 127. The Hall–Kier alpha value is -0.320. The van der Waals surface area contributed by atoms with Gasteiger partial charge in [-0.1, -0.05) is 0 Å². The first-order valence-corrected chi connectivity index (χ1v) is 6.23. The smallest absolute Gasteiger partial charge is 0.128 e. The quantitative estimate of drug-likeness (QED) is 0.741. The largest absolute Gasteiger partial charge is 0.354 e. The van der Waals surface area contributed by atoms with Gasteiger partial charge >= 0.3 is 0 Å². The average molecular weight is 302 g/mol. The van der Waals surface area contributed by atoms with Gasteiger partial charge in [-0.15, -0.1) is 0 Å². The van der Waals surface area contributed by atoms with E-state index in [9.17, 15) is 0 Å². The second-order valence-electron chi connectivity index (χ2n) is 3.87. The van der Waals surface area contributed by atoms with Gasteiger partial charge in [-0.2, -0.15) is 0 Å². The van der Waals surface area contributed by atoms with Crippen LogP contribution in [-0.2, 0) is 0 Å². The monoisotopic (exact) mass is 302 g/mol. The van der Waals surface area contributed by atoms with Crippen molar-refractivity contribution in [3.8, 4) is 0 Å². The number of halogens is 1. The third-order valence-corrected chi connectivity index (χ3v) is 3.45. The molecule has 0 radical (unpaired) electrons. The number of pyridine rings is 1. The highest BCUT2D eigenvalue weighted by Crippen LogP contribution is 2.22. The van der Waals surface area contributed by atoms with Gasteiger partial charge in [-0.25, -0.2) is 4.98 Å². The lowest BCUT2D eigenvalue weighted by atomic mass is 10.0. The van der Waals surface area contributed by atoms with E-state index in [1.165, 1.54) is 22.8 Å². The summed E-state index contributed by atoms with van der Waals surface area (Å²) in [5, 5.41) is 0. The lowest BCUT2D eigenvalue weighted by molar-refractivity contribution is 0.481. The van der Waals surface area contributed by atoms with E-state index in [1.54, 1.807) is 0 Å². The van der Waals surface area contributed by atoms with Gasteiger partial charge in [0.1, 0.15) is 5.82 Å². The summed E-state index contributed by atoms with van der Waals surface area (Å²) < 4.78 is 1.20. The summed E-state index contributed by atoms with van der Waals surface area (Å²) in [6.07, 6.45) is 5.91. The van der Waals surface area contributed by atoms with Crippen molar-refractivity contribution in [3.05, 3.63) is 21.9 Å². The predicted octanol–water partition coefficient (Wildman–Crippen LogP) is 3.07. The summed E-state index contributed by atoms with van der Waals surface area (Å²) >= 11 is 2.29. The summed E-state index contributed by atoms with van der Waals surface area (Å²) in [6, 6.07) is 4.91.